The van der Waals surface area contributed by atoms with E-state index in [4.69, 9.17) is 5.73 Å². The van der Waals surface area contributed by atoms with E-state index in [-0.39, 0.29) is 6.04 Å². The molecule has 2 rings (SSSR count). The van der Waals surface area contributed by atoms with Crippen molar-refractivity contribution < 1.29 is 0 Å². The van der Waals surface area contributed by atoms with E-state index < -0.39 is 0 Å². The van der Waals surface area contributed by atoms with Crippen LogP contribution in [-0.4, -0.2) is 15.0 Å². The third-order valence-corrected chi connectivity index (χ3v) is 2.15. The predicted molar refractivity (Wildman–Crippen MR) is 59.3 cm³/mol. The van der Waals surface area contributed by atoms with Gasteiger partial charge in [-0.25, -0.2) is 4.98 Å². The van der Waals surface area contributed by atoms with Crippen molar-refractivity contribution in [1.82, 2.24) is 15.0 Å². The molecule has 0 bridgehead atoms. The average molecular weight is 203 g/mol. The minimum absolute atomic E-state index is 0.0877. The number of hydrogen-bond acceptors (Lipinski definition) is 4. The van der Waals surface area contributed by atoms with E-state index in [2.05, 4.69) is 20.3 Å². The minimum atomic E-state index is 0.0877. The second-order valence-corrected chi connectivity index (χ2v) is 3.30. The number of nitrogen functional groups attached to an aromatic ring is 1. The first-order valence-corrected chi connectivity index (χ1v) is 4.72. The Morgan fingerprint density at radius 3 is 3.00 bits per heavy atom. The first-order chi connectivity index (χ1) is 7.27. The molecule has 2 heterocycles. The van der Waals surface area contributed by atoms with E-state index in [1.54, 1.807) is 24.8 Å². The lowest BCUT2D eigenvalue weighted by Gasteiger charge is -2.14. The van der Waals surface area contributed by atoms with Crippen LogP contribution in [0.2, 0.25) is 0 Å². The van der Waals surface area contributed by atoms with Gasteiger partial charge in [-0.1, -0.05) is 0 Å². The molecule has 0 radical (unpaired) electrons. The molecular weight excluding hydrogens is 190 g/mol. The number of nitrogens with two attached hydrogens (primary N) is 1. The van der Waals surface area contributed by atoms with Crippen LogP contribution in [-0.2, 0) is 0 Å². The first kappa shape index (κ1) is 9.51. The van der Waals surface area contributed by atoms with E-state index >= 15 is 0 Å². The summed E-state index contributed by atoms with van der Waals surface area (Å²) in [5.74, 6) is 0.881. The molecule has 5 heteroatoms. The molecule has 1 atom stereocenters. The van der Waals surface area contributed by atoms with Crippen LogP contribution in [0.5, 0.6) is 0 Å². The number of rotatable bonds is 3. The Bertz CT molecular complexity index is 423. The summed E-state index contributed by atoms with van der Waals surface area (Å²) < 4.78 is 0. The molecule has 0 saturated carbocycles. The second-order valence-electron chi connectivity index (χ2n) is 3.30. The zero-order valence-corrected chi connectivity index (χ0v) is 8.44. The summed E-state index contributed by atoms with van der Waals surface area (Å²) >= 11 is 0. The van der Waals surface area contributed by atoms with Gasteiger partial charge in [0.15, 0.2) is 0 Å². The van der Waals surface area contributed by atoms with Gasteiger partial charge in [-0.05, 0) is 13.0 Å². The van der Waals surface area contributed by atoms with Crippen molar-refractivity contribution >= 4 is 11.4 Å². The largest absolute Gasteiger partial charge is 0.396 e. The summed E-state index contributed by atoms with van der Waals surface area (Å²) in [6.45, 7) is 2.01. The van der Waals surface area contributed by atoms with Crippen LogP contribution >= 0.6 is 0 Å². The molecule has 15 heavy (non-hydrogen) atoms. The van der Waals surface area contributed by atoms with Crippen molar-refractivity contribution in [1.29, 1.82) is 0 Å². The van der Waals surface area contributed by atoms with Crippen molar-refractivity contribution in [2.45, 2.75) is 13.0 Å². The Labute approximate surface area is 87.8 Å². The van der Waals surface area contributed by atoms with Crippen LogP contribution in [0.3, 0.4) is 0 Å². The second kappa shape index (κ2) is 4.00. The van der Waals surface area contributed by atoms with Gasteiger partial charge in [-0.15, -0.1) is 0 Å². The predicted octanol–water partition coefficient (Wildman–Crippen LogP) is 1.56. The lowest BCUT2D eigenvalue weighted by molar-refractivity contribution is 0.810. The summed E-state index contributed by atoms with van der Waals surface area (Å²) in [7, 11) is 0. The number of hydrogen-bond donors (Lipinski definition) is 3. The maximum Gasteiger partial charge on any atom is 0.128 e. The third kappa shape index (κ3) is 2.07. The van der Waals surface area contributed by atoms with Gasteiger partial charge in [0.1, 0.15) is 5.82 Å². The Morgan fingerprint density at radius 1 is 1.47 bits per heavy atom. The van der Waals surface area contributed by atoms with Gasteiger partial charge in [0.2, 0.25) is 0 Å². The maximum atomic E-state index is 5.77. The summed E-state index contributed by atoms with van der Waals surface area (Å²) in [4.78, 5) is 11.1. The molecule has 2 aromatic rings. The smallest absolute Gasteiger partial charge is 0.128 e. The number of imidazole rings is 1. The molecule has 5 nitrogen and oxygen atoms in total. The highest BCUT2D eigenvalue weighted by Gasteiger charge is 2.08. The Kier molecular flexibility index (Phi) is 2.53. The average Bonchev–Trinajstić information content (AvgIpc) is 2.74. The number of aromatic amines is 1. The van der Waals surface area contributed by atoms with Gasteiger partial charge < -0.3 is 16.0 Å². The molecule has 0 amide bonds. The number of nitrogens with one attached hydrogen (secondary N) is 2. The van der Waals surface area contributed by atoms with E-state index in [0.717, 1.165) is 11.5 Å². The van der Waals surface area contributed by atoms with E-state index in [1.807, 2.05) is 13.0 Å². The lowest BCUT2D eigenvalue weighted by atomic mass is 10.2. The number of aromatic nitrogens is 3. The van der Waals surface area contributed by atoms with Crippen LogP contribution in [0.4, 0.5) is 11.4 Å². The quantitative estimate of drug-likeness (QED) is 0.707. The Balaban J connectivity index is 2.13. The van der Waals surface area contributed by atoms with E-state index in [0.29, 0.717) is 5.69 Å². The van der Waals surface area contributed by atoms with E-state index in [9.17, 15) is 0 Å². The highest BCUT2D eigenvalue weighted by Crippen LogP contribution is 2.20. The van der Waals surface area contributed by atoms with Crippen molar-refractivity contribution in [2.75, 3.05) is 11.1 Å². The van der Waals surface area contributed by atoms with Crippen LogP contribution in [0, 0.1) is 0 Å². The maximum absolute atomic E-state index is 5.77. The molecular formula is C10H13N5. The van der Waals surface area contributed by atoms with Crippen molar-refractivity contribution in [2.24, 2.45) is 0 Å². The monoisotopic (exact) mass is 203 g/mol. The fraction of sp³-hybridized carbons (Fsp3) is 0.200. The topological polar surface area (TPSA) is 79.6 Å². The summed E-state index contributed by atoms with van der Waals surface area (Å²) in [6.07, 6.45) is 6.84. The molecule has 2 aromatic heterocycles. The number of anilines is 2. The van der Waals surface area contributed by atoms with Crippen molar-refractivity contribution in [3.8, 4) is 0 Å². The van der Waals surface area contributed by atoms with Gasteiger partial charge >= 0.3 is 0 Å². The summed E-state index contributed by atoms with van der Waals surface area (Å²) in [5, 5.41) is 3.25. The minimum Gasteiger partial charge on any atom is -0.396 e. The van der Waals surface area contributed by atoms with E-state index in [1.165, 1.54) is 0 Å². The molecule has 1 unspecified atom stereocenters. The molecule has 78 valence electrons. The summed E-state index contributed by atoms with van der Waals surface area (Å²) in [6, 6.07) is 1.93. The molecule has 4 N–H and O–H groups in total. The molecule has 0 spiro atoms. The Morgan fingerprint density at radius 2 is 2.33 bits per heavy atom. The zero-order valence-electron chi connectivity index (χ0n) is 8.44. The van der Waals surface area contributed by atoms with Gasteiger partial charge in [0.05, 0.1) is 23.6 Å². The van der Waals surface area contributed by atoms with Gasteiger partial charge in [0.25, 0.3) is 0 Å². The standard InChI is InChI=1S/C10H13N5/c1-7(10-13-4-5-14-10)15-9-2-3-12-6-8(9)11/h2-7H,11H2,1H3,(H,12,15)(H,13,14). The lowest BCUT2D eigenvalue weighted by Crippen LogP contribution is -2.09. The molecule has 0 fully saturated rings. The van der Waals surface area contributed by atoms with Crippen LogP contribution in [0.1, 0.15) is 18.8 Å². The Hall–Kier alpha value is -2.04. The van der Waals surface area contributed by atoms with Gasteiger partial charge in [0, 0.05) is 18.6 Å². The number of pyridine rings is 1. The molecule has 0 aromatic carbocycles. The number of H-pyrrole nitrogens is 1. The zero-order chi connectivity index (χ0) is 10.7. The van der Waals surface area contributed by atoms with Gasteiger partial charge in [-0.3, -0.25) is 4.98 Å². The molecule has 0 aliphatic rings. The molecule has 0 aliphatic heterocycles. The van der Waals surface area contributed by atoms with Crippen LogP contribution in [0.25, 0.3) is 0 Å². The third-order valence-electron chi connectivity index (χ3n) is 2.15. The SMILES string of the molecule is CC(Nc1ccncc1N)c1ncc[nH]1. The van der Waals surface area contributed by atoms with Crippen molar-refractivity contribution in [3.05, 3.63) is 36.7 Å². The highest BCUT2D eigenvalue weighted by molar-refractivity contribution is 5.64. The van der Waals surface area contributed by atoms with Crippen LogP contribution < -0.4 is 11.1 Å². The summed E-state index contributed by atoms with van der Waals surface area (Å²) in [5.41, 5.74) is 7.27. The van der Waals surface area contributed by atoms with Crippen molar-refractivity contribution in [3.63, 3.8) is 0 Å². The molecule has 0 aliphatic carbocycles. The van der Waals surface area contributed by atoms with Crippen LogP contribution in [0.15, 0.2) is 30.9 Å². The highest BCUT2D eigenvalue weighted by atomic mass is 15.0. The fourth-order valence-corrected chi connectivity index (χ4v) is 1.35. The van der Waals surface area contributed by atoms with Gasteiger partial charge in [-0.2, -0.15) is 0 Å². The fourth-order valence-electron chi connectivity index (χ4n) is 1.35. The normalized spacial score (nSPS) is 12.3. The molecule has 0 saturated heterocycles. The first-order valence-electron chi connectivity index (χ1n) is 4.72. The number of nitrogens with zero attached hydrogens (tertiary/aromatic N) is 2.